The average molecular weight is 993 g/mol. The number of ether oxygens (including phenoxy) is 1. The van der Waals surface area contributed by atoms with E-state index in [0.29, 0.717) is 38.6 Å². The molecule has 0 bridgehead atoms. The van der Waals surface area contributed by atoms with Gasteiger partial charge in [-0.1, -0.05) is 67.4 Å². The zero-order valence-corrected chi connectivity index (χ0v) is 42.3. The molecule has 3 aromatic rings. The molecule has 2 heterocycles. The summed E-state index contributed by atoms with van der Waals surface area (Å²) in [6.45, 7) is 12.8. The molecule has 0 radical (unpaired) electrons. The molecule has 2 aliphatic heterocycles. The number of carbonyl (C=O) groups excluding carboxylic acids is 3. The van der Waals surface area contributed by atoms with Crippen LogP contribution in [0.3, 0.4) is 0 Å². The fourth-order valence-corrected chi connectivity index (χ4v) is 10.1. The summed E-state index contributed by atoms with van der Waals surface area (Å²) < 4.78 is 29.3. The van der Waals surface area contributed by atoms with Gasteiger partial charge in [-0.15, -0.1) is 4.33 Å². The number of nitrogens with zero attached hydrogens (tertiary/aromatic N) is 2. The first-order valence-corrected chi connectivity index (χ1v) is 26.5. The zero-order valence-electron chi connectivity index (χ0n) is 39.8. The molecule has 1 atom stereocenters. The van der Waals surface area contributed by atoms with Crippen LogP contribution in [0.1, 0.15) is 96.3 Å². The number of ketones is 1. The van der Waals surface area contributed by atoms with Crippen LogP contribution in [0.5, 0.6) is 0 Å². The molecule has 5 rings (SSSR count). The Balaban J connectivity index is 1.16. The highest BCUT2D eigenvalue weighted by atomic mass is 32.2. The van der Waals surface area contributed by atoms with Crippen molar-refractivity contribution in [2.45, 2.75) is 113 Å². The zero-order chi connectivity index (χ0) is 49.3. The Bertz CT molecular complexity index is 2470. The number of allylic oxidation sites excluding steroid dienone is 6. The third kappa shape index (κ3) is 15.1. The summed E-state index contributed by atoms with van der Waals surface area (Å²) in [6, 6.07) is 20.3. The lowest BCUT2D eigenvalue weighted by atomic mass is 9.81. The van der Waals surface area contributed by atoms with Crippen LogP contribution < -0.4 is 20.8 Å². The van der Waals surface area contributed by atoms with E-state index in [2.05, 4.69) is 110 Å². The van der Waals surface area contributed by atoms with Gasteiger partial charge in [-0.2, -0.15) is 8.91 Å². The summed E-state index contributed by atoms with van der Waals surface area (Å²) in [6.07, 6.45) is 16.8. The van der Waals surface area contributed by atoms with Crippen LogP contribution >= 0.6 is 24.1 Å². The second kappa shape index (κ2) is 25.7. The van der Waals surface area contributed by atoms with E-state index in [9.17, 15) is 23.8 Å². The standard InChI is InChI=1S/C50H64N4O11S3/c1-8-53-42-28-26-37(66-64-62-58)32-39(42)49(2,3)45(53)23-14-10-15-24-46-50(4,5)40-33-38(67-65-63-59)27-29-43(40)54(46)31-19-11-16-25-47(56)51-30-18-17-22-41(44(55)35-68(6,7)60)52-48(57)61-34-36-20-12-9-13-21-36/h9-10,12-15,20-21,23-24,26-29,32-33,35,41H,8,11,16-19,22,25,30-31,34H2,1-7H3,(H3-,51,52,56,57,58,59)/t41-/m0/s1. The third-order valence-electron chi connectivity index (χ3n) is 11.9. The van der Waals surface area contributed by atoms with Gasteiger partial charge in [-0.3, -0.25) is 18.8 Å². The minimum absolute atomic E-state index is 0.0524. The van der Waals surface area contributed by atoms with E-state index in [-0.39, 0.29) is 23.3 Å². The Morgan fingerprint density at radius 3 is 2.31 bits per heavy atom. The SMILES string of the molecule is CCN1/C(=C/C=C/C=C/C2=[N+](CCCCCC(=O)NCCCC[C@H](NC(=O)OCc3ccccc3)C(=O)C=S(C)(C)=O)c3ccc(SOO[O-])cc3C2(C)C)C(C)(C)c2cc(SOOO)ccc21. The number of hydrogen-bond acceptors (Lipinski definition) is 14. The van der Waals surface area contributed by atoms with Crippen molar-refractivity contribution >= 4 is 73.8 Å². The van der Waals surface area contributed by atoms with Gasteiger partial charge in [0.15, 0.2) is 11.5 Å². The quantitative estimate of drug-likeness (QED) is 0.0132. The maximum Gasteiger partial charge on any atom is 0.408 e. The lowest BCUT2D eigenvalue weighted by molar-refractivity contribution is -0.777. The minimum atomic E-state index is -2.49. The Kier molecular flexibility index (Phi) is 20.5. The first-order valence-electron chi connectivity index (χ1n) is 22.6. The van der Waals surface area contributed by atoms with Gasteiger partial charge in [0.2, 0.25) is 11.6 Å². The number of Topliss-reactive ketones (excluding diaryl/α,β-unsaturated/α-hetero) is 1. The number of anilines is 1. The monoisotopic (exact) mass is 992 g/mol. The second-order valence-corrected chi connectivity index (χ2v) is 22.3. The van der Waals surface area contributed by atoms with Gasteiger partial charge in [-0.25, -0.2) is 10.1 Å². The molecule has 15 nitrogen and oxygen atoms in total. The summed E-state index contributed by atoms with van der Waals surface area (Å²) in [7, 11) is -2.49. The Morgan fingerprint density at radius 1 is 0.882 bits per heavy atom. The van der Waals surface area contributed by atoms with Crippen molar-refractivity contribution in [3.8, 4) is 0 Å². The normalized spacial score (nSPS) is 16.1. The first-order chi connectivity index (χ1) is 32.5. The maximum absolute atomic E-state index is 12.9. The van der Waals surface area contributed by atoms with Gasteiger partial charge in [0.05, 0.1) is 35.5 Å². The Labute approximate surface area is 409 Å². The molecular weight excluding hydrogens is 929 g/mol. The van der Waals surface area contributed by atoms with Crippen LogP contribution in [0.25, 0.3) is 0 Å². The molecule has 0 saturated carbocycles. The van der Waals surface area contributed by atoms with Crippen molar-refractivity contribution in [1.29, 1.82) is 0 Å². The number of likely N-dealkylation sites (N-methyl/N-ethyl adjacent to an activating group) is 1. The van der Waals surface area contributed by atoms with E-state index >= 15 is 0 Å². The van der Waals surface area contributed by atoms with Gasteiger partial charge in [0, 0.05) is 88.1 Å². The van der Waals surface area contributed by atoms with E-state index in [1.54, 1.807) is 0 Å². The highest BCUT2D eigenvalue weighted by Crippen LogP contribution is 2.49. The molecule has 0 saturated heterocycles. The number of nitrogens with one attached hydrogen (secondary N) is 2. The van der Waals surface area contributed by atoms with Crippen molar-refractivity contribution in [2.24, 2.45) is 0 Å². The van der Waals surface area contributed by atoms with E-state index < -0.39 is 27.4 Å². The molecule has 3 N–H and O–H groups in total. The maximum atomic E-state index is 12.9. The highest BCUT2D eigenvalue weighted by Gasteiger charge is 2.44. The average Bonchev–Trinajstić information content (AvgIpc) is 3.65. The molecule has 0 fully saturated rings. The van der Waals surface area contributed by atoms with Crippen LogP contribution in [-0.4, -0.2) is 81.1 Å². The Morgan fingerprint density at radius 2 is 1.60 bits per heavy atom. The third-order valence-corrected chi connectivity index (χ3v) is 13.8. The topological polar surface area (TPSA) is 188 Å². The lowest BCUT2D eigenvalue weighted by Crippen LogP contribution is -2.42. The number of benzene rings is 3. The molecule has 0 aromatic heterocycles. The lowest BCUT2D eigenvalue weighted by Gasteiger charge is -2.25. The van der Waals surface area contributed by atoms with E-state index in [4.69, 9.17) is 9.99 Å². The van der Waals surface area contributed by atoms with Crippen LogP contribution in [0, 0.1) is 0 Å². The number of amides is 2. The number of unbranched alkanes of at least 4 members (excludes halogenated alkanes) is 3. The van der Waals surface area contributed by atoms with Crippen molar-refractivity contribution in [3.05, 3.63) is 119 Å². The molecule has 368 valence electrons. The van der Waals surface area contributed by atoms with E-state index in [0.717, 1.165) is 105 Å². The molecule has 68 heavy (non-hydrogen) atoms. The van der Waals surface area contributed by atoms with Crippen molar-refractivity contribution in [2.75, 3.05) is 37.0 Å². The molecule has 0 unspecified atom stereocenters. The van der Waals surface area contributed by atoms with E-state index in [1.807, 2.05) is 60.7 Å². The second-order valence-electron chi connectivity index (χ2n) is 17.9. The van der Waals surface area contributed by atoms with Gasteiger partial charge in [-0.05, 0) is 110 Å². The fraction of sp³-hybridized carbons (Fsp3) is 0.420. The molecule has 2 amide bonds. The van der Waals surface area contributed by atoms with Gasteiger partial charge < -0.3 is 25.5 Å². The molecule has 0 spiro atoms. The van der Waals surface area contributed by atoms with Crippen molar-refractivity contribution in [3.63, 3.8) is 0 Å². The summed E-state index contributed by atoms with van der Waals surface area (Å²) in [4.78, 5) is 42.2. The van der Waals surface area contributed by atoms with Crippen molar-refractivity contribution in [1.82, 2.24) is 10.6 Å². The van der Waals surface area contributed by atoms with Crippen LogP contribution in [-0.2, 0) is 60.0 Å². The van der Waals surface area contributed by atoms with E-state index in [1.165, 1.54) is 12.5 Å². The first kappa shape index (κ1) is 54.2. The summed E-state index contributed by atoms with van der Waals surface area (Å²) in [5, 5.41) is 33.4. The van der Waals surface area contributed by atoms with Crippen molar-refractivity contribution < 1.29 is 57.2 Å². The number of carbonyl (C=O) groups is 3. The molecule has 18 heteroatoms. The van der Waals surface area contributed by atoms with Crippen LogP contribution in [0.2, 0.25) is 0 Å². The minimum Gasteiger partial charge on any atom is -0.691 e. The highest BCUT2D eigenvalue weighted by molar-refractivity contribution is 8.01. The van der Waals surface area contributed by atoms with Gasteiger partial charge in [0.1, 0.15) is 13.2 Å². The largest absolute Gasteiger partial charge is 0.691 e. The van der Waals surface area contributed by atoms with Gasteiger partial charge in [0.25, 0.3) is 0 Å². The smallest absolute Gasteiger partial charge is 0.408 e. The molecular formula is C50H64N4O11S3. The Hall–Kier alpha value is -4.76. The summed E-state index contributed by atoms with van der Waals surface area (Å²) in [5.41, 5.74) is 6.79. The number of hydrogen-bond donors (Lipinski definition) is 3. The summed E-state index contributed by atoms with van der Waals surface area (Å²) >= 11 is 1.81. The van der Waals surface area contributed by atoms with Crippen LogP contribution in [0.15, 0.2) is 113 Å². The van der Waals surface area contributed by atoms with Gasteiger partial charge >= 0.3 is 6.09 Å². The van der Waals surface area contributed by atoms with Crippen LogP contribution in [0.4, 0.5) is 16.2 Å². The number of fused-ring (bicyclic) bond motifs is 2. The molecule has 0 aliphatic carbocycles. The number of rotatable bonds is 26. The number of alkyl carbamates (subject to hydrolysis) is 1. The predicted octanol–water partition coefficient (Wildman–Crippen LogP) is 8.59. The molecule has 2 aliphatic rings. The predicted molar refractivity (Wildman–Crippen MR) is 267 cm³/mol. The summed E-state index contributed by atoms with van der Waals surface area (Å²) in [5.74, 6) is -0.488. The molecule has 3 aromatic carbocycles. The fourth-order valence-electron chi connectivity index (χ4n) is 8.54.